The number of tetrazole rings is 1. The summed E-state index contributed by atoms with van der Waals surface area (Å²) in [5.41, 5.74) is 6.42. The number of urea groups is 1. The number of ether oxygens (including phenoxy) is 1. The molecule has 0 aliphatic carbocycles. The first kappa shape index (κ1) is 24.5. The molecule has 37 heavy (non-hydrogen) atoms. The smallest absolute Gasteiger partial charge is 0.323 e. The summed E-state index contributed by atoms with van der Waals surface area (Å²) < 4.78 is 6.28. The van der Waals surface area contributed by atoms with Crippen LogP contribution in [0.4, 0.5) is 16.2 Å². The number of aryl methyl sites for hydroxylation is 1. The molecule has 8 nitrogen and oxygen atoms in total. The molecule has 190 valence electrons. The number of carbonyl (C=O) groups is 1. The van der Waals surface area contributed by atoms with Crippen LogP contribution in [0.2, 0.25) is 0 Å². The number of nitrogens with zero attached hydrogens (tertiary/aromatic N) is 3. The van der Waals surface area contributed by atoms with Gasteiger partial charge in [0.05, 0.1) is 12.3 Å². The van der Waals surface area contributed by atoms with Gasteiger partial charge in [0, 0.05) is 16.8 Å². The number of benzene rings is 3. The number of fused-ring (bicyclic) bond motifs is 1. The second kappa shape index (κ2) is 10.8. The highest BCUT2D eigenvalue weighted by Crippen LogP contribution is 2.46. The van der Waals surface area contributed by atoms with Crippen molar-refractivity contribution in [3.63, 3.8) is 0 Å². The molecule has 3 N–H and O–H groups in total. The Bertz CT molecular complexity index is 1370. The minimum absolute atomic E-state index is 0.317. The Morgan fingerprint density at radius 1 is 1.11 bits per heavy atom. The largest absolute Gasteiger partial charge is 0.491 e. The van der Waals surface area contributed by atoms with E-state index in [1.165, 1.54) is 0 Å². The lowest BCUT2D eigenvalue weighted by molar-refractivity contribution is 0.262. The summed E-state index contributed by atoms with van der Waals surface area (Å²) in [5.74, 6) is 2.06. The van der Waals surface area contributed by atoms with Crippen LogP contribution in [0.3, 0.4) is 0 Å². The Hall–Kier alpha value is -4.20. The first-order valence-electron chi connectivity index (χ1n) is 12.8. The van der Waals surface area contributed by atoms with Gasteiger partial charge in [-0.3, -0.25) is 0 Å². The fourth-order valence-electron chi connectivity index (χ4n) is 4.97. The molecule has 2 amide bonds. The molecule has 1 aliphatic rings. The van der Waals surface area contributed by atoms with Crippen LogP contribution >= 0.6 is 0 Å². The zero-order valence-corrected chi connectivity index (χ0v) is 21.4. The third-order valence-corrected chi connectivity index (χ3v) is 7.14. The molecule has 0 bridgehead atoms. The minimum Gasteiger partial charge on any atom is -0.491 e. The van der Waals surface area contributed by atoms with Crippen molar-refractivity contribution in [2.75, 3.05) is 17.2 Å². The topological polar surface area (TPSA) is 105 Å². The predicted octanol–water partition coefficient (Wildman–Crippen LogP) is 6.79. The summed E-state index contributed by atoms with van der Waals surface area (Å²) in [4.78, 5) is 13.1. The number of amides is 2. The quantitative estimate of drug-likeness (QED) is 0.273. The van der Waals surface area contributed by atoms with E-state index in [-0.39, 0.29) is 6.03 Å². The van der Waals surface area contributed by atoms with Gasteiger partial charge in [0.25, 0.3) is 0 Å². The second-order valence-corrected chi connectivity index (χ2v) is 9.65. The van der Waals surface area contributed by atoms with Gasteiger partial charge in [-0.25, -0.2) is 4.79 Å². The van der Waals surface area contributed by atoms with E-state index in [2.05, 4.69) is 51.2 Å². The van der Waals surface area contributed by atoms with Crippen molar-refractivity contribution in [2.24, 2.45) is 5.92 Å². The molecule has 0 fully saturated rings. The molecule has 1 aromatic heterocycles. The van der Waals surface area contributed by atoms with Gasteiger partial charge in [-0.2, -0.15) is 5.21 Å². The predicted molar refractivity (Wildman–Crippen MR) is 146 cm³/mol. The first-order valence-corrected chi connectivity index (χ1v) is 12.8. The number of rotatable bonds is 6. The summed E-state index contributed by atoms with van der Waals surface area (Å²) in [5, 5.41) is 20.7. The van der Waals surface area contributed by atoms with Crippen LogP contribution in [0.5, 0.6) is 5.75 Å². The van der Waals surface area contributed by atoms with Crippen LogP contribution in [0.25, 0.3) is 22.5 Å². The molecule has 0 radical (unpaired) electrons. The molecule has 8 heteroatoms. The average molecular weight is 497 g/mol. The fourth-order valence-corrected chi connectivity index (χ4v) is 4.97. The highest BCUT2D eigenvalue weighted by molar-refractivity contribution is 6.01. The van der Waals surface area contributed by atoms with Crippen LogP contribution in [0.1, 0.15) is 50.2 Å². The second-order valence-electron chi connectivity index (χ2n) is 9.65. The van der Waals surface area contributed by atoms with Crippen LogP contribution < -0.4 is 15.4 Å². The van der Waals surface area contributed by atoms with Crippen LogP contribution in [-0.2, 0) is 0 Å². The van der Waals surface area contributed by atoms with Crippen molar-refractivity contribution in [1.82, 2.24) is 20.6 Å². The molecule has 2 unspecified atom stereocenters. The molecule has 0 saturated carbocycles. The monoisotopic (exact) mass is 496 g/mol. The van der Waals surface area contributed by atoms with Crippen molar-refractivity contribution in [3.8, 4) is 28.3 Å². The maximum Gasteiger partial charge on any atom is 0.323 e. The van der Waals surface area contributed by atoms with E-state index >= 15 is 0 Å². The van der Waals surface area contributed by atoms with Gasteiger partial charge in [-0.15, -0.1) is 10.2 Å². The summed E-state index contributed by atoms with van der Waals surface area (Å²) >= 11 is 0. The molecule has 0 saturated heterocycles. The zero-order chi connectivity index (χ0) is 25.8. The lowest BCUT2D eigenvalue weighted by Gasteiger charge is -2.25. The van der Waals surface area contributed by atoms with Crippen molar-refractivity contribution < 1.29 is 9.53 Å². The molecule has 4 aromatic rings. The Balaban J connectivity index is 1.60. The van der Waals surface area contributed by atoms with Gasteiger partial charge in [0.15, 0.2) is 0 Å². The van der Waals surface area contributed by atoms with Crippen molar-refractivity contribution in [2.45, 2.75) is 46.0 Å². The normalized spacial score (nSPS) is 15.7. The molecule has 5 rings (SSSR count). The lowest BCUT2D eigenvalue weighted by Crippen LogP contribution is -2.20. The van der Waals surface area contributed by atoms with Crippen molar-refractivity contribution in [1.29, 1.82) is 0 Å². The Morgan fingerprint density at radius 3 is 2.62 bits per heavy atom. The summed E-state index contributed by atoms with van der Waals surface area (Å²) in [7, 11) is 0. The highest BCUT2D eigenvalue weighted by Gasteiger charge is 2.28. The number of aromatic amines is 1. The molecule has 0 spiro atoms. The SMILES string of the molecule is CCC(C)C1CCCOc2c(NC(=O)Nc3ccc(C)cc3)cc(-c3ccccc3-c3nn[nH]n3)cc21. The van der Waals surface area contributed by atoms with Gasteiger partial charge in [0.2, 0.25) is 5.82 Å². The zero-order valence-electron chi connectivity index (χ0n) is 21.4. The Kier molecular flexibility index (Phi) is 7.16. The van der Waals surface area contributed by atoms with E-state index in [0.717, 1.165) is 58.5 Å². The van der Waals surface area contributed by atoms with E-state index in [1.54, 1.807) is 0 Å². The van der Waals surface area contributed by atoms with Crippen molar-refractivity contribution in [3.05, 3.63) is 71.8 Å². The van der Waals surface area contributed by atoms with Gasteiger partial charge in [-0.05, 0) is 72.2 Å². The summed E-state index contributed by atoms with van der Waals surface area (Å²) in [6.45, 7) is 7.14. The van der Waals surface area contributed by atoms with Gasteiger partial charge < -0.3 is 15.4 Å². The maximum atomic E-state index is 13.1. The number of hydrogen-bond acceptors (Lipinski definition) is 5. The van der Waals surface area contributed by atoms with E-state index in [4.69, 9.17) is 4.74 Å². The van der Waals surface area contributed by atoms with Gasteiger partial charge >= 0.3 is 6.03 Å². The number of anilines is 2. The van der Waals surface area contributed by atoms with Crippen LogP contribution in [0, 0.1) is 12.8 Å². The number of hydrogen-bond donors (Lipinski definition) is 3. The molecule has 3 aromatic carbocycles. The third-order valence-electron chi connectivity index (χ3n) is 7.14. The van der Waals surface area contributed by atoms with Crippen molar-refractivity contribution >= 4 is 17.4 Å². The molecule has 1 aliphatic heterocycles. The number of carbonyl (C=O) groups excluding carboxylic acids is 1. The van der Waals surface area contributed by atoms with E-state index in [1.807, 2.05) is 61.5 Å². The Labute approximate surface area is 216 Å². The summed E-state index contributed by atoms with van der Waals surface area (Å²) in [6, 6.07) is 19.6. The highest BCUT2D eigenvalue weighted by atomic mass is 16.5. The maximum absolute atomic E-state index is 13.1. The lowest BCUT2D eigenvalue weighted by atomic mass is 9.81. The first-order chi connectivity index (χ1) is 18.0. The van der Waals surface area contributed by atoms with Gasteiger partial charge in [0.1, 0.15) is 5.75 Å². The van der Waals surface area contributed by atoms with Crippen LogP contribution in [-0.4, -0.2) is 33.3 Å². The standard InChI is InChI=1S/C29H32N6O2/c1-4-19(3)22-10-7-15-37-27-25(22)16-20(23-8-5-6-9-24(23)28-32-34-35-33-28)17-26(27)31-29(36)30-21-13-11-18(2)12-14-21/h5-6,8-9,11-14,16-17,19,22H,4,7,10,15H2,1-3H3,(H2,30,31,36)(H,32,33,34,35). The molecular formula is C29H32N6O2. The van der Waals surface area contributed by atoms with E-state index in [0.29, 0.717) is 30.0 Å². The Morgan fingerprint density at radius 2 is 1.89 bits per heavy atom. The minimum atomic E-state index is -0.317. The molecule has 2 heterocycles. The average Bonchev–Trinajstić information content (AvgIpc) is 3.36. The molecule has 2 atom stereocenters. The van der Waals surface area contributed by atoms with E-state index < -0.39 is 0 Å². The number of aromatic nitrogens is 4. The number of H-pyrrole nitrogens is 1. The number of nitrogens with one attached hydrogen (secondary N) is 3. The van der Waals surface area contributed by atoms with E-state index in [9.17, 15) is 4.79 Å². The third kappa shape index (κ3) is 5.33. The fraction of sp³-hybridized carbons (Fsp3) is 0.310. The van der Waals surface area contributed by atoms with Crippen LogP contribution in [0.15, 0.2) is 60.7 Å². The summed E-state index contributed by atoms with van der Waals surface area (Å²) in [6.07, 6.45) is 3.06. The molecular weight excluding hydrogens is 464 g/mol. The van der Waals surface area contributed by atoms with Gasteiger partial charge in [-0.1, -0.05) is 62.2 Å².